The third-order valence-corrected chi connectivity index (χ3v) is 5.78. The van der Waals surface area contributed by atoms with Crippen molar-refractivity contribution in [2.75, 3.05) is 45.9 Å². The highest BCUT2D eigenvalue weighted by Gasteiger charge is 2.41. The molecule has 0 unspecified atom stereocenters. The number of piperazine rings is 1. The van der Waals surface area contributed by atoms with Crippen LogP contribution in [0.4, 0.5) is 10.5 Å². The summed E-state index contributed by atoms with van der Waals surface area (Å²) in [6, 6.07) is 5.16. The largest absolute Gasteiger partial charge is 0.445 e. The standard InChI is InChI=1S/C19H26N4O6S/c24-10-9-20-5-7-21(8-6-20)18(25)17-11-16(30)12-22(17)19(26)29-13-14-1-3-15(4-2-14)23(27)28/h1-4,16-17,24,30H,5-13H2/t16-,17-/m0/s1. The Labute approximate surface area is 179 Å². The topological polar surface area (TPSA) is 116 Å². The van der Waals surface area contributed by atoms with Crippen LogP contribution in [0.3, 0.4) is 0 Å². The Morgan fingerprint density at radius 2 is 1.87 bits per heavy atom. The molecule has 11 heteroatoms. The summed E-state index contributed by atoms with van der Waals surface area (Å²) in [6.45, 7) is 3.45. The first-order chi connectivity index (χ1) is 14.4. The first-order valence-electron chi connectivity index (χ1n) is 9.86. The molecular formula is C19H26N4O6S. The zero-order valence-electron chi connectivity index (χ0n) is 16.6. The number of carbonyl (C=O) groups is 2. The molecule has 164 valence electrons. The van der Waals surface area contributed by atoms with Gasteiger partial charge in [-0.2, -0.15) is 12.6 Å². The molecule has 0 spiro atoms. The van der Waals surface area contributed by atoms with Crippen molar-refractivity contribution < 1.29 is 24.4 Å². The number of nitrogens with zero attached hydrogens (tertiary/aromatic N) is 4. The molecule has 10 nitrogen and oxygen atoms in total. The van der Waals surface area contributed by atoms with E-state index in [9.17, 15) is 19.7 Å². The van der Waals surface area contributed by atoms with Gasteiger partial charge in [-0.15, -0.1) is 0 Å². The molecule has 0 bridgehead atoms. The second-order valence-corrected chi connectivity index (χ2v) is 8.16. The molecule has 3 rings (SSSR count). The zero-order chi connectivity index (χ0) is 21.7. The number of aliphatic hydroxyl groups is 1. The van der Waals surface area contributed by atoms with Crippen LogP contribution >= 0.6 is 12.6 Å². The van der Waals surface area contributed by atoms with E-state index >= 15 is 0 Å². The van der Waals surface area contributed by atoms with E-state index in [4.69, 9.17) is 9.84 Å². The molecule has 0 aliphatic carbocycles. The number of carbonyl (C=O) groups excluding carboxylic acids is 2. The molecule has 2 amide bonds. The fraction of sp³-hybridized carbons (Fsp3) is 0.579. The molecule has 0 radical (unpaired) electrons. The van der Waals surface area contributed by atoms with Crippen molar-refractivity contribution in [2.24, 2.45) is 0 Å². The van der Waals surface area contributed by atoms with Gasteiger partial charge in [0, 0.05) is 56.7 Å². The van der Waals surface area contributed by atoms with Gasteiger partial charge in [-0.25, -0.2) is 4.79 Å². The summed E-state index contributed by atoms with van der Waals surface area (Å²) < 4.78 is 5.35. The van der Waals surface area contributed by atoms with E-state index in [-0.39, 0.29) is 30.1 Å². The molecule has 1 aromatic rings. The molecule has 0 saturated carbocycles. The number of nitro benzene ring substituents is 1. The number of ether oxygens (including phenoxy) is 1. The predicted molar refractivity (Wildman–Crippen MR) is 111 cm³/mol. The van der Waals surface area contributed by atoms with E-state index in [1.165, 1.54) is 29.2 Å². The number of thiol groups is 1. The number of hydrogen-bond donors (Lipinski definition) is 2. The summed E-state index contributed by atoms with van der Waals surface area (Å²) >= 11 is 4.45. The Morgan fingerprint density at radius 1 is 1.20 bits per heavy atom. The average Bonchev–Trinajstić information content (AvgIpc) is 3.14. The van der Waals surface area contributed by atoms with E-state index in [0.717, 1.165) is 0 Å². The maximum Gasteiger partial charge on any atom is 0.410 e. The van der Waals surface area contributed by atoms with E-state index in [1.807, 2.05) is 0 Å². The maximum atomic E-state index is 13.0. The van der Waals surface area contributed by atoms with Crippen LogP contribution in [0.15, 0.2) is 24.3 Å². The molecule has 30 heavy (non-hydrogen) atoms. The summed E-state index contributed by atoms with van der Waals surface area (Å²) in [5, 5.41) is 19.7. The molecule has 2 saturated heterocycles. The Balaban J connectivity index is 1.56. The maximum absolute atomic E-state index is 13.0. The molecule has 2 fully saturated rings. The number of hydrogen-bond acceptors (Lipinski definition) is 8. The molecule has 2 aliphatic heterocycles. The van der Waals surface area contributed by atoms with Crippen LogP contribution in [0, 0.1) is 10.1 Å². The summed E-state index contributed by atoms with van der Waals surface area (Å²) in [5.74, 6) is -0.109. The van der Waals surface area contributed by atoms with Crippen molar-refractivity contribution in [3.8, 4) is 0 Å². The van der Waals surface area contributed by atoms with Gasteiger partial charge in [-0.1, -0.05) is 0 Å². The molecule has 0 aromatic heterocycles. The fourth-order valence-electron chi connectivity index (χ4n) is 3.74. The van der Waals surface area contributed by atoms with Gasteiger partial charge in [0.15, 0.2) is 0 Å². The highest BCUT2D eigenvalue weighted by atomic mass is 32.1. The number of amides is 2. The van der Waals surface area contributed by atoms with Gasteiger partial charge in [0.1, 0.15) is 12.6 Å². The van der Waals surface area contributed by atoms with Crippen molar-refractivity contribution in [3.05, 3.63) is 39.9 Å². The third kappa shape index (κ3) is 5.41. The van der Waals surface area contributed by atoms with Crippen molar-refractivity contribution in [1.82, 2.24) is 14.7 Å². The monoisotopic (exact) mass is 438 g/mol. The van der Waals surface area contributed by atoms with Gasteiger partial charge >= 0.3 is 6.09 Å². The van der Waals surface area contributed by atoms with Gasteiger partial charge in [-0.05, 0) is 24.1 Å². The number of likely N-dealkylation sites (tertiary alicyclic amines) is 1. The van der Waals surface area contributed by atoms with Crippen molar-refractivity contribution in [3.63, 3.8) is 0 Å². The van der Waals surface area contributed by atoms with Crippen LogP contribution in [0.25, 0.3) is 0 Å². The van der Waals surface area contributed by atoms with E-state index < -0.39 is 17.1 Å². The van der Waals surface area contributed by atoms with Crippen molar-refractivity contribution in [2.45, 2.75) is 24.3 Å². The Bertz CT molecular complexity index is 769. The lowest BCUT2D eigenvalue weighted by atomic mass is 10.1. The highest BCUT2D eigenvalue weighted by molar-refractivity contribution is 7.81. The molecular weight excluding hydrogens is 412 g/mol. The Morgan fingerprint density at radius 3 is 2.47 bits per heavy atom. The Hall–Kier alpha value is -2.37. The van der Waals surface area contributed by atoms with Gasteiger partial charge < -0.3 is 14.7 Å². The normalized spacial score (nSPS) is 22.2. The number of aliphatic hydroxyl groups excluding tert-OH is 1. The van der Waals surface area contributed by atoms with Crippen molar-refractivity contribution in [1.29, 1.82) is 0 Å². The number of non-ortho nitro benzene ring substituents is 1. The van der Waals surface area contributed by atoms with Crippen LogP contribution in [0.1, 0.15) is 12.0 Å². The molecule has 2 heterocycles. The Kier molecular flexibility index (Phi) is 7.51. The van der Waals surface area contributed by atoms with Gasteiger partial charge in [0.2, 0.25) is 5.91 Å². The van der Waals surface area contributed by atoms with Crippen LogP contribution in [0.2, 0.25) is 0 Å². The number of β-amino-alcohol motifs (C(OH)–C–C–N with tert-alkyl or cyclic N) is 1. The lowest BCUT2D eigenvalue weighted by molar-refractivity contribution is -0.384. The summed E-state index contributed by atoms with van der Waals surface area (Å²) in [4.78, 5) is 41.1. The predicted octanol–water partition coefficient (Wildman–Crippen LogP) is 0.741. The lowest BCUT2D eigenvalue weighted by Crippen LogP contribution is -2.54. The van der Waals surface area contributed by atoms with Crippen LogP contribution < -0.4 is 0 Å². The minimum absolute atomic E-state index is 0.0349. The molecule has 1 aromatic carbocycles. The van der Waals surface area contributed by atoms with E-state index in [2.05, 4.69) is 17.5 Å². The third-order valence-electron chi connectivity index (χ3n) is 5.41. The quantitative estimate of drug-likeness (QED) is 0.382. The average molecular weight is 439 g/mol. The zero-order valence-corrected chi connectivity index (χ0v) is 17.4. The molecule has 2 atom stereocenters. The first kappa shape index (κ1) is 22.3. The van der Waals surface area contributed by atoms with E-state index in [0.29, 0.717) is 51.3 Å². The molecule has 2 aliphatic rings. The molecule has 1 N–H and O–H groups in total. The second kappa shape index (κ2) is 10.1. The van der Waals surface area contributed by atoms with Crippen LogP contribution in [-0.2, 0) is 16.1 Å². The van der Waals surface area contributed by atoms with Crippen molar-refractivity contribution >= 4 is 30.3 Å². The highest BCUT2D eigenvalue weighted by Crippen LogP contribution is 2.25. The lowest BCUT2D eigenvalue weighted by Gasteiger charge is -2.36. The van der Waals surface area contributed by atoms with Gasteiger partial charge in [0.05, 0.1) is 11.5 Å². The number of benzene rings is 1. The minimum Gasteiger partial charge on any atom is -0.445 e. The van der Waals surface area contributed by atoms with Gasteiger partial charge in [-0.3, -0.25) is 24.7 Å². The second-order valence-electron chi connectivity index (χ2n) is 7.43. The SMILES string of the molecule is O=C([C@@H]1C[C@H](S)CN1C(=O)OCc1ccc([N+](=O)[O-])cc1)N1CCN(CCO)CC1. The van der Waals surface area contributed by atoms with Gasteiger partial charge in [0.25, 0.3) is 5.69 Å². The minimum atomic E-state index is -0.610. The summed E-state index contributed by atoms with van der Waals surface area (Å²) in [6.07, 6.45) is -0.131. The first-order valence-corrected chi connectivity index (χ1v) is 10.4. The van der Waals surface area contributed by atoms with Crippen LogP contribution in [0.5, 0.6) is 0 Å². The number of rotatable bonds is 6. The fourth-order valence-corrected chi connectivity index (χ4v) is 4.11. The summed E-state index contributed by atoms with van der Waals surface area (Å²) in [7, 11) is 0. The summed E-state index contributed by atoms with van der Waals surface area (Å²) in [5.41, 5.74) is 0.589. The number of nitro groups is 1. The van der Waals surface area contributed by atoms with E-state index in [1.54, 1.807) is 4.90 Å². The smallest absolute Gasteiger partial charge is 0.410 e. The van der Waals surface area contributed by atoms with Crippen LogP contribution in [-0.4, -0.2) is 93.9 Å².